The van der Waals surface area contributed by atoms with Crippen LogP contribution in [0.3, 0.4) is 0 Å². The Balaban J connectivity index is 1.97. The monoisotopic (exact) mass is 708 g/mol. The van der Waals surface area contributed by atoms with Crippen molar-refractivity contribution in [2.75, 3.05) is 20.3 Å². The van der Waals surface area contributed by atoms with Crippen molar-refractivity contribution in [3.63, 3.8) is 0 Å². The number of carbonyl (C=O) groups excluding carboxylic acids is 1. The van der Waals surface area contributed by atoms with Gasteiger partial charge in [0.05, 0.1) is 37.6 Å². The highest BCUT2D eigenvalue weighted by Crippen LogP contribution is 2.56. The van der Waals surface area contributed by atoms with Gasteiger partial charge in [0, 0.05) is 18.0 Å². The highest BCUT2D eigenvalue weighted by atomic mass is 32.2. The molecule has 1 aromatic heterocycles. The summed E-state index contributed by atoms with van der Waals surface area (Å²) in [5, 5.41) is 0. The van der Waals surface area contributed by atoms with Crippen molar-refractivity contribution in [1.29, 1.82) is 0 Å². The average Bonchev–Trinajstić information content (AvgIpc) is 3.27. The SMILES string of the molecule is CCOC(=O)C[C@]1(SCc2ccc(OC)cc2)[C@@H]2O[Si](C(C)C)(C(C)C)O[Si](C(C)C)(C(C)C)OC[C@H]2O[C@H]1n1ccc(=O)[nH]c1=O. The highest BCUT2D eigenvalue weighted by molar-refractivity contribution is 8.00. The van der Waals surface area contributed by atoms with Gasteiger partial charge in [0.25, 0.3) is 5.56 Å². The lowest BCUT2D eigenvalue weighted by molar-refractivity contribution is -0.145. The van der Waals surface area contributed by atoms with Gasteiger partial charge < -0.3 is 27.2 Å². The van der Waals surface area contributed by atoms with Crippen LogP contribution in [0.15, 0.2) is 46.1 Å². The van der Waals surface area contributed by atoms with Crippen LogP contribution in [0.1, 0.15) is 80.5 Å². The molecule has 11 nitrogen and oxygen atoms in total. The maximum atomic E-state index is 13.6. The summed E-state index contributed by atoms with van der Waals surface area (Å²) in [5.74, 6) is 0.750. The Morgan fingerprint density at radius 2 is 1.62 bits per heavy atom. The standard InChI is InChI=1S/C33H52N2O9SSi2/c1-11-40-29(37)18-33(45-20-25-12-14-26(39-10)15-13-25)30-27(42-31(33)35-17-16-28(36)34-32(35)38)19-41-46(21(2)3,22(4)5)44-47(43-30,23(6)7)24(8)9/h12-17,21-24,27,30-31H,11,18-20H2,1-10H3,(H,34,36,38)/t27-,30-,31-,33+/m1/s1. The molecule has 1 aromatic carbocycles. The fourth-order valence-electron chi connectivity index (χ4n) is 6.92. The summed E-state index contributed by atoms with van der Waals surface area (Å²) in [5.41, 5.74) is 0.111. The Morgan fingerprint density at radius 3 is 2.15 bits per heavy atom. The van der Waals surface area contributed by atoms with E-state index in [0.717, 1.165) is 11.3 Å². The molecule has 3 heterocycles. The van der Waals surface area contributed by atoms with Crippen LogP contribution in [-0.4, -0.2) is 69.9 Å². The van der Waals surface area contributed by atoms with E-state index in [9.17, 15) is 14.4 Å². The number of hydrogen-bond acceptors (Lipinski definition) is 10. The van der Waals surface area contributed by atoms with E-state index in [4.69, 9.17) is 27.2 Å². The van der Waals surface area contributed by atoms with Crippen LogP contribution in [0.4, 0.5) is 0 Å². The summed E-state index contributed by atoms with van der Waals surface area (Å²) in [6.45, 7) is 19.3. The number of hydrogen-bond donors (Lipinski definition) is 1. The van der Waals surface area contributed by atoms with Gasteiger partial charge >= 0.3 is 28.8 Å². The lowest BCUT2D eigenvalue weighted by atomic mass is 9.94. The zero-order valence-corrected chi connectivity index (χ0v) is 32.2. The van der Waals surface area contributed by atoms with Crippen molar-refractivity contribution in [2.45, 2.75) is 120 Å². The molecule has 0 aliphatic carbocycles. The zero-order chi connectivity index (χ0) is 34.7. The van der Waals surface area contributed by atoms with E-state index in [2.05, 4.69) is 60.4 Å². The molecule has 2 aromatic rings. The Kier molecular flexibility index (Phi) is 12.1. The van der Waals surface area contributed by atoms with E-state index in [1.165, 1.54) is 28.6 Å². The first-order valence-corrected chi connectivity index (χ1v) is 21.5. The number of fused-ring (bicyclic) bond motifs is 1. The van der Waals surface area contributed by atoms with Crippen LogP contribution in [-0.2, 0) is 33.0 Å². The molecule has 0 bridgehead atoms. The Labute approximate surface area is 284 Å². The fraction of sp³-hybridized carbons (Fsp3) is 0.667. The fourth-order valence-corrected chi connectivity index (χ4v) is 19.8. The number of nitrogens with one attached hydrogen (secondary N) is 1. The largest absolute Gasteiger partial charge is 0.497 e. The van der Waals surface area contributed by atoms with Crippen LogP contribution >= 0.6 is 11.8 Å². The summed E-state index contributed by atoms with van der Waals surface area (Å²) in [6.07, 6.45) is -1.06. The second kappa shape index (κ2) is 15.1. The van der Waals surface area contributed by atoms with Gasteiger partial charge in [-0.1, -0.05) is 67.5 Å². The van der Waals surface area contributed by atoms with Crippen LogP contribution < -0.4 is 16.0 Å². The summed E-state index contributed by atoms with van der Waals surface area (Å²) >= 11 is 1.49. The first-order valence-electron chi connectivity index (χ1n) is 16.6. The molecule has 2 aliphatic rings. The maximum absolute atomic E-state index is 13.6. The lowest BCUT2D eigenvalue weighted by Crippen LogP contribution is -2.67. The first kappa shape index (κ1) is 37.6. The molecule has 1 N–H and O–H groups in total. The molecule has 2 saturated heterocycles. The maximum Gasteiger partial charge on any atom is 0.335 e. The normalized spacial score (nSPS) is 25.5. The number of ether oxygens (including phenoxy) is 3. The predicted octanol–water partition coefficient (Wildman–Crippen LogP) is 6.02. The number of benzene rings is 1. The van der Waals surface area contributed by atoms with E-state index in [-0.39, 0.29) is 41.8 Å². The molecule has 0 saturated carbocycles. The van der Waals surface area contributed by atoms with Crippen molar-refractivity contribution in [3.05, 3.63) is 62.9 Å². The van der Waals surface area contributed by atoms with E-state index in [1.54, 1.807) is 14.0 Å². The molecule has 14 heteroatoms. The number of methoxy groups -OCH3 is 1. The summed E-state index contributed by atoms with van der Waals surface area (Å²) in [6, 6.07) is 8.99. The first-order chi connectivity index (χ1) is 22.2. The van der Waals surface area contributed by atoms with Crippen molar-refractivity contribution >= 4 is 34.9 Å². The molecule has 0 unspecified atom stereocenters. The van der Waals surface area contributed by atoms with Gasteiger partial charge in [-0.2, -0.15) is 0 Å². The van der Waals surface area contributed by atoms with Crippen molar-refractivity contribution in [1.82, 2.24) is 9.55 Å². The number of nitrogens with zero attached hydrogens (tertiary/aromatic N) is 1. The molecule has 2 fully saturated rings. The summed E-state index contributed by atoms with van der Waals surface area (Å²) in [7, 11) is -4.45. The highest BCUT2D eigenvalue weighted by Gasteiger charge is 2.66. The molecular formula is C33H52N2O9SSi2. The number of esters is 1. The summed E-state index contributed by atoms with van der Waals surface area (Å²) in [4.78, 5) is 41.6. The van der Waals surface area contributed by atoms with Crippen LogP contribution in [0.25, 0.3) is 0 Å². The Bertz CT molecular complexity index is 1460. The number of carbonyl (C=O) groups is 1. The topological polar surface area (TPSA) is 127 Å². The predicted molar refractivity (Wildman–Crippen MR) is 187 cm³/mol. The quantitative estimate of drug-likeness (QED) is 0.207. The van der Waals surface area contributed by atoms with Gasteiger partial charge in [-0.25, -0.2) is 4.79 Å². The molecule has 2 aliphatic heterocycles. The van der Waals surface area contributed by atoms with E-state index in [0.29, 0.717) is 5.75 Å². The minimum atomic E-state index is -3.17. The van der Waals surface area contributed by atoms with Crippen LogP contribution in [0, 0.1) is 0 Å². The molecule has 4 rings (SSSR count). The number of aromatic amines is 1. The number of H-pyrrole nitrogens is 1. The molecule has 0 spiro atoms. The number of aromatic nitrogens is 2. The zero-order valence-electron chi connectivity index (χ0n) is 29.4. The second-order valence-electron chi connectivity index (χ2n) is 13.6. The van der Waals surface area contributed by atoms with Gasteiger partial charge in [-0.15, -0.1) is 11.8 Å². The average molecular weight is 709 g/mol. The molecule has 0 amide bonds. The van der Waals surface area contributed by atoms with Crippen molar-refractivity contribution < 1.29 is 32.0 Å². The molecule has 47 heavy (non-hydrogen) atoms. The number of rotatable bonds is 12. The smallest absolute Gasteiger partial charge is 0.335 e. The van der Waals surface area contributed by atoms with Gasteiger partial charge in [0.15, 0.2) is 6.23 Å². The van der Waals surface area contributed by atoms with Gasteiger partial charge in [0.2, 0.25) is 0 Å². The lowest BCUT2D eigenvalue weighted by Gasteiger charge is -2.52. The second-order valence-corrected chi connectivity index (χ2v) is 23.8. The van der Waals surface area contributed by atoms with E-state index in [1.807, 2.05) is 24.3 Å². The summed E-state index contributed by atoms with van der Waals surface area (Å²) < 4.78 is 39.9. The Morgan fingerprint density at radius 1 is 1.00 bits per heavy atom. The molecular weight excluding hydrogens is 657 g/mol. The molecule has 4 atom stereocenters. The van der Waals surface area contributed by atoms with Gasteiger partial charge in [-0.3, -0.25) is 19.1 Å². The third-order valence-corrected chi connectivity index (χ3v) is 21.2. The third-order valence-electron chi connectivity index (χ3n) is 9.36. The molecule has 262 valence electrons. The van der Waals surface area contributed by atoms with E-state index >= 15 is 0 Å². The number of thioether (sulfide) groups is 1. The van der Waals surface area contributed by atoms with Crippen LogP contribution in [0.5, 0.6) is 5.75 Å². The van der Waals surface area contributed by atoms with Crippen molar-refractivity contribution in [3.8, 4) is 5.75 Å². The van der Waals surface area contributed by atoms with Gasteiger partial charge in [-0.05, 0) is 46.8 Å². The molecule has 0 radical (unpaired) electrons. The third kappa shape index (κ3) is 7.38. The van der Waals surface area contributed by atoms with Crippen LogP contribution in [0.2, 0.25) is 22.2 Å². The minimum Gasteiger partial charge on any atom is -0.497 e. The minimum absolute atomic E-state index is 0.0240. The van der Waals surface area contributed by atoms with E-state index < -0.39 is 57.5 Å². The Hall–Kier alpha value is -2.21. The van der Waals surface area contributed by atoms with Crippen molar-refractivity contribution in [2.24, 2.45) is 0 Å². The van der Waals surface area contributed by atoms with Gasteiger partial charge in [0.1, 0.15) is 11.9 Å².